The monoisotopic (exact) mass is 256 g/mol. The van der Waals surface area contributed by atoms with Gasteiger partial charge in [0.25, 0.3) is 5.56 Å². The first-order valence-electron chi connectivity index (χ1n) is 5.84. The number of aliphatic hydroxyl groups is 1. The Balaban J connectivity index is 2.08. The third-order valence-corrected chi connectivity index (χ3v) is 3.33. The molecule has 3 rings (SSSR count). The van der Waals surface area contributed by atoms with E-state index >= 15 is 0 Å². The van der Waals surface area contributed by atoms with Gasteiger partial charge in [-0.05, 0) is 6.42 Å². The van der Waals surface area contributed by atoms with Gasteiger partial charge in [0.05, 0.1) is 6.61 Å². The summed E-state index contributed by atoms with van der Waals surface area (Å²) in [7, 11) is 0. The first-order valence-corrected chi connectivity index (χ1v) is 5.84. The molecule has 1 fully saturated rings. The summed E-state index contributed by atoms with van der Waals surface area (Å²) in [5, 5.41) is 9.10. The molecule has 0 amide bonds. The summed E-state index contributed by atoms with van der Waals surface area (Å²) in [6.07, 6.45) is -1.87. The average Bonchev–Trinajstić information content (AvgIpc) is 2.58. The number of halogens is 1. The second-order valence-corrected chi connectivity index (χ2v) is 4.39. The van der Waals surface area contributed by atoms with Crippen LogP contribution < -0.4 is 10.3 Å². The van der Waals surface area contributed by atoms with Gasteiger partial charge in [-0.3, -0.25) is 9.36 Å². The van der Waals surface area contributed by atoms with E-state index in [4.69, 9.17) is 14.6 Å². The lowest BCUT2D eigenvalue weighted by Crippen LogP contribution is -2.41. The number of ether oxygens (including phenoxy) is 2. The molecule has 1 N–H and O–H groups in total. The summed E-state index contributed by atoms with van der Waals surface area (Å²) in [6, 6.07) is 0.0528. The molecular formula is C11H13FN2O4. The van der Waals surface area contributed by atoms with Gasteiger partial charge in [0.15, 0.2) is 18.5 Å². The fraction of sp³-hybridized carbons (Fsp3) is 0.636. The Labute approximate surface area is 102 Å². The lowest BCUT2D eigenvalue weighted by atomic mass is 10.1. The zero-order valence-corrected chi connectivity index (χ0v) is 9.75. The standard InChI is InChI=1S/C11H13FN2O4/c1-2-5-3-14-10-7(12)8(6(4-15)17-10)18-11(14)13-9(5)16/h3,6-8,10,15H,2,4H2,1H3/t6-,7+,8-,10-/m1/s1. The zero-order valence-electron chi connectivity index (χ0n) is 9.75. The van der Waals surface area contributed by atoms with Crippen LogP contribution in [0.2, 0.25) is 0 Å². The third-order valence-electron chi connectivity index (χ3n) is 3.33. The van der Waals surface area contributed by atoms with E-state index in [1.165, 1.54) is 10.8 Å². The Morgan fingerprint density at radius 2 is 2.39 bits per heavy atom. The summed E-state index contributed by atoms with van der Waals surface area (Å²) in [5.74, 6) is 0. The number of alkyl halides is 1. The smallest absolute Gasteiger partial charge is 0.302 e. The highest BCUT2D eigenvalue weighted by Crippen LogP contribution is 2.39. The number of aryl methyl sites for hydroxylation is 1. The van der Waals surface area contributed by atoms with E-state index in [9.17, 15) is 9.18 Å². The van der Waals surface area contributed by atoms with Gasteiger partial charge < -0.3 is 14.6 Å². The van der Waals surface area contributed by atoms with Crippen molar-refractivity contribution in [2.24, 2.45) is 0 Å². The van der Waals surface area contributed by atoms with Crippen LogP contribution >= 0.6 is 0 Å². The Kier molecular flexibility index (Phi) is 2.60. The summed E-state index contributed by atoms with van der Waals surface area (Å²) in [4.78, 5) is 15.4. The first kappa shape index (κ1) is 11.6. The molecule has 6 nitrogen and oxygen atoms in total. The van der Waals surface area contributed by atoms with Gasteiger partial charge in [0.2, 0.25) is 0 Å². The lowest BCUT2D eigenvalue weighted by molar-refractivity contribution is -0.0354. The van der Waals surface area contributed by atoms with Gasteiger partial charge >= 0.3 is 6.01 Å². The van der Waals surface area contributed by atoms with Gasteiger partial charge in [0.1, 0.15) is 6.10 Å². The van der Waals surface area contributed by atoms with E-state index in [1.54, 1.807) is 0 Å². The Morgan fingerprint density at radius 3 is 3.06 bits per heavy atom. The van der Waals surface area contributed by atoms with Gasteiger partial charge in [-0.1, -0.05) is 6.92 Å². The molecule has 2 aliphatic rings. The molecule has 0 radical (unpaired) electrons. The highest BCUT2D eigenvalue weighted by atomic mass is 19.1. The van der Waals surface area contributed by atoms with Crippen molar-refractivity contribution in [2.45, 2.75) is 38.0 Å². The fourth-order valence-corrected chi connectivity index (χ4v) is 2.33. The van der Waals surface area contributed by atoms with Gasteiger partial charge in [-0.15, -0.1) is 0 Å². The molecule has 2 bridgehead atoms. The van der Waals surface area contributed by atoms with E-state index < -0.39 is 24.6 Å². The SMILES string of the molecule is CCc1cn2c(nc1=O)O[C@H]1[C@H](F)[C@H]2O[C@@H]1CO. The van der Waals surface area contributed by atoms with Crippen LogP contribution in [0.5, 0.6) is 6.01 Å². The second kappa shape index (κ2) is 4.03. The van der Waals surface area contributed by atoms with Crippen LogP contribution in [0.4, 0.5) is 4.39 Å². The number of aliphatic hydroxyl groups excluding tert-OH is 1. The Morgan fingerprint density at radius 1 is 1.61 bits per heavy atom. The molecule has 1 aromatic rings. The molecule has 3 heterocycles. The molecule has 1 aromatic heterocycles. The molecule has 7 heteroatoms. The summed E-state index contributed by atoms with van der Waals surface area (Å²) in [6.45, 7) is 1.48. The van der Waals surface area contributed by atoms with Crippen molar-refractivity contribution >= 4 is 0 Å². The van der Waals surface area contributed by atoms with E-state index in [0.717, 1.165) is 0 Å². The summed E-state index contributed by atoms with van der Waals surface area (Å²) < 4.78 is 26.1. The maximum atomic E-state index is 14.0. The maximum absolute atomic E-state index is 14.0. The topological polar surface area (TPSA) is 73.6 Å². The van der Waals surface area contributed by atoms with E-state index in [2.05, 4.69) is 4.98 Å². The van der Waals surface area contributed by atoms with Crippen LogP contribution in [0.15, 0.2) is 11.0 Å². The molecule has 0 unspecified atom stereocenters. The predicted molar refractivity (Wildman–Crippen MR) is 58.2 cm³/mol. The fourth-order valence-electron chi connectivity index (χ4n) is 2.33. The number of fused-ring (bicyclic) bond motifs is 4. The van der Waals surface area contributed by atoms with E-state index in [0.29, 0.717) is 12.0 Å². The number of hydrogen-bond acceptors (Lipinski definition) is 5. The quantitative estimate of drug-likeness (QED) is 0.793. The van der Waals surface area contributed by atoms with E-state index in [-0.39, 0.29) is 18.2 Å². The largest absolute Gasteiger partial charge is 0.455 e. The second-order valence-electron chi connectivity index (χ2n) is 4.39. The van der Waals surface area contributed by atoms with E-state index in [1.807, 2.05) is 6.92 Å². The molecule has 0 saturated carbocycles. The van der Waals surface area contributed by atoms with Crippen LogP contribution in [0.1, 0.15) is 18.7 Å². The molecule has 98 valence electrons. The minimum absolute atomic E-state index is 0.0528. The van der Waals surface area contributed by atoms with Crippen molar-refractivity contribution in [2.75, 3.05) is 6.61 Å². The average molecular weight is 256 g/mol. The van der Waals surface area contributed by atoms with Crippen LogP contribution in [0.25, 0.3) is 0 Å². The minimum Gasteiger partial charge on any atom is -0.455 e. The van der Waals surface area contributed by atoms with Crippen LogP contribution in [0, 0.1) is 0 Å². The van der Waals surface area contributed by atoms with Crippen molar-refractivity contribution in [3.8, 4) is 6.01 Å². The van der Waals surface area contributed by atoms with Gasteiger partial charge in [-0.25, -0.2) is 4.39 Å². The van der Waals surface area contributed by atoms with Crippen molar-refractivity contribution < 1.29 is 19.0 Å². The Bertz CT molecular complexity index is 532. The lowest BCUT2D eigenvalue weighted by Gasteiger charge is -2.27. The maximum Gasteiger partial charge on any atom is 0.302 e. The molecular weight excluding hydrogens is 243 g/mol. The highest BCUT2D eigenvalue weighted by molar-refractivity contribution is 5.16. The first-order chi connectivity index (χ1) is 8.65. The number of nitrogens with zero attached hydrogens (tertiary/aromatic N) is 2. The molecule has 18 heavy (non-hydrogen) atoms. The van der Waals surface area contributed by atoms with Crippen molar-refractivity contribution in [1.82, 2.24) is 9.55 Å². The highest BCUT2D eigenvalue weighted by Gasteiger charge is 2.51. The van der Waals surface area contributed by atoms with Crippen molar-refractivity contribution in [3.63, 3.8) is 0 Å². The van der Waals surface area contributed by atoms with Crippen molar-refractivity contribution in [1.29, 1.82) is 0 Å². The number of hydrogen-bond donors (Lipinski definition) is 1. The van der Waals surface area contributed by atoms with Gasteiger partial charge in [0, 0.05) is 11.8 Å². The third kappa shape index (κ3) is 1.47. The normalized spacial score (nSPS) is 33.1. The molecule has 4 atom stereocenters. The minimum atomic E-state index is -1.37. The number of rotatable bonds is 2. The summed E-state index contributed by atoms with van der Waals surface area (Å²) in [5.41, 5.74) is 0.102. The zero-order chi connectivity index (χ0) is 12.9. The Hall–Kier alpha value is -1.47. The summed E-state index contributed by atoms with van der Waals surface area (Å²) >= 11 is 0. The van der Waals surface area contributed by atoms with Crippen LogP contribution in [0.3, 0.4) is 0 Å². The van der Waals surface area contributed by atoms with Crippen LogP contribution in [-0.2, 0) is 11.2 Å². The molecule has 0 aliphatic carbocycles. The molecule has 2 aliphatic heterocycles. The van der Waals surface area contributed by atoms with Crippen LogP contribution in [-0.4, -0.2) is 39.6 Å². The predicted octanol–water partition coefficient (Wildman–Crippen LogP) is -0.206. The molecule has 1 saturated heterocycles. The molecule has 0 aromatic carbocycles. The molecule has 0 spiro atoms. The van der Waals surface area contributed by atoms with Gasteiger partial charge in [-0.2, -0.15) is 4.98 Å². The number of aromatic nitrogens is 2. The van der Waals surface area contributed by atoms with Crippen molar-refractivity contribution in [3.05, 3.63) is 22.1 Å².